The van der Waals surface area contributed by atoms with E-state index in [-0.39, 0.29) is 24.0 Å². The molecule has 130 valence electrons. The Labute approximate surface area is 154 Å². The Morgan fingerprint density at radius 1 is 1.39 bits per heavy atom. The van der Waals surface area contributed by atoms with Crippen molar-refractivity contribution in [2.24, 2.45) is 4.99 Å². The van der Waals surface area contributed by atoms with Crippen LogP contribution in [0.25, 0.3) is 0 Å². The lowest BCUT2D eigenvalue weighted by atomic mass is 10.2. The number of hydrogen-bond donors (Lipinski definition) is 2. The van der Waals surface area contributed by atoms with Crippen molar-refractivity contribution in [3.63, 3.8) is 0 Å². The average molecular weight is 435 g/mol. The summed E-state index contributed by atoms with van der Waals surface area (Å²) in [5.74, 6) is 1.78. The third kappa shape index (κ3) is 6.48. The molecule has 0 bridgehead atoms. The van der Waals surface area contributed by atoms with Gasteiger partial charge in [-0.2, -0.15) is 0 Å². The highest BCUT2D eigenvalue weighted by Gasteiger charge is 2.15. The second-order valence-corrected chi connectivity index (χ2v) is 4.93. The molecule has 1 fully saturated rings. The molecule has 2 heterocycles. The van der Waals surface area contributed by atoms with Crippen molar-refractivity contribution >= 4 is 35.8 Å². The molecule has 1 aliphatic rings. The molecule has 2 N–H and O–H groups in total. The Kier molecular flexibility index (Phi) is 9.88. The number of methoxy groups -OCH3 is 1. The number of hydrogen-bond acceptors (Lipinski definition) is 5. The van der Waals surface area contributed by atoms with E-state index in [2.05, 4.69) is 31.6 Å². The highest BCUT2D eigenvalue weighted by atomic mass is 127. The van der Waals surface area contributed by atoms with Gasteiger partial charge in [0.15, 0.2) is 5.96 Å². The molecular weight excluding hydrogens is 409 g/mol. The molecule has 0 saturated carbocycles. The molecule has 8 heteroatoms. The SMILES string of the molecule is CN=C(NCCOC)NCc1cccnc1N1CCOCC1.I. The summed E-state index contributed by atoms with van der Waals surface area (Å²) in [6.45, 7) is 5.31. The molecule has 2 rings (SSSR count). The van der Waals surface area contributed by atoms with Crippen molar-refractivity contribution in [3.05, 3.63) is 23.9 Å². The topological polar surface area (TPSA) is 71.0 Å². The van der Waals surface area contributed by atoms with Gasteiger partial charge in [-0.05, 0) is 6.07 Å². The van der Waals surface area contributed by atoms with Crippen molar-refractivity contribution in [1.29, 1.82) is 0 Å². The van der Waals surface area contributed by atoms with Gasteiger partial charge in [0, 0.05) is 52.1 Å². The number of nitrogens with zero attached hydrogens (tertiary/aromatic N) is 3. The molecule has 0 amide bonds. The highest BCUT2D eigenvalue weighted by molar-refractivity contribution is 14.0. The molecule has 1 aliphatic heterocycles. The van der Waals surface area contributed by atoms with Gasteiger partial charge in [0.25, 0.3) is 0 Å². The second kappa shape index (κ2) is 11.4. The summed E-state index contributed by atoms with van der Waals surface area (Å²) in [4.78, 5) is 11.0. The van der Waals surface area contributed by atoms with Crippen LogP contribution in [0.4, 0.5) is 5.82 Å². The molecule has 0 aliphatic carbocycles. The molecule has 0 spiro atoms. The molecule has 1 saturated heterocycles. The van der Waals surface area contributed by atoms with Crippen molar-refractivity contribution in [2.45, 2.75) is 6.54 Å². The van der Waals surface area contributed by atoms with Gasteiger partial charge in [0.2, 0.25) is 0 Å². The van der Waals surface area contributed by atoms with Crippen LogP contribution >= 0.6 is 24.0 Å². The maximum Gasteiger partial charge on any atom is 0.191 e. The standard InChI is InChI=1S/C15H25N5O2.HI/c1-16-15(18-6-9-21-2)19-12-13-4-3-5-17-14(13)20-7-10-22-11-8-20;/h3-5H,6-12H2,1-2H3,(H2,16,18,19);1H. The first kappa shape index (κ1) is 19.9. The van der Waals surface area contributed by atoms with Crippen LogP contribution in [-0.2, 0) is 16.0 Å². The van der Waals surface area contributed by atoms with E-state index in [0.29, 0.717) is 13.2 Å². The molecule has 7 nitrogen and oxygen atoms in total. The molecule has 1 aromatic heterocycles. The Bertz CT molecular complexity index is 481. The summed E-state index contributed by atoms with van der Waals surface area (Å²) in [7, 11) is 3.44. The number of pyridine rings is 1. The molecule has 23 heavy (non-hydrogen) atoms. The Morgan fingerprint density at radius 2 is 2.17 bits per heavy atom. The molecule has 0 aromatic carbocycles. The van der Waals surface area contributed by atoms with Crippen LogP contribution < -0.4 is 15.5 Å². The summed E-state index contributed by atoms with van der Waals surface area (Å²) in [6, 6.07) is 4.05. The smallest absolute Gasteiger partial charge is 0.191 e. The second-order valence-electron chi connectivity index (χ2n) is 4.93. The Balaban J connectivity index is 0.00000264. The van der Waals surface area contributed by atoms with Gasteiger partial charge in [0.1, 0.15) is 5.82 Å². The van der Waals surface area contributed by atoms with E-state index < -0.39 is 0 Å². The van der Waals surface area contributed by atoms with Gasteiger partial charge >= 0.3 is 0 Å². The Morgan fingerprint density at radius 3 is 2.87 bits per heavy atom. The van der Waals surface area contributed by atoms with Gasteiger partial charge in [-0.1, -0.05) is 6.07 Å². The lowest BCUT2D eigenvalue weighted by Gasteiger charge is -2.29. The van der Waals surface area contributed by atoms with Crippen molar-refractivity contribution in [1.82, 2.24) is 15.6 Å². The van der Waals surface area contributed by atoms with Crippen LogP contribution in [-0.4, -0.2) is 64.6 Å². The van der Waals surface area contributed by atoms with E-state index >= 15 is 0 Å². The number of halogens is 1. The summed E-state index contributed by atoms with van der Waals surface area (Å²) in [5, 5.41) is 6.51. The van der Waals surface area contributed by atoms with E-state index in [1.165, 1.54) is 0 Å². The van der Waals surface area contributed by atoms with E-state index in [1.807, 2.05) is 12.3 Å². The zero-order valence-corrected chi connectivity index (χ0v) is 16.1. The van der Waals surface area contributed by atoms with Gasteiger partial charge < -0.3 is 25.0 Å². The predicted octanol–water partition coefficient (Wildman–Crippen LogP) is 0.848. The van der Waals surface area contributed by atoms with Crippen molar-refractivity contribution < 1.29 is 9.47 Å². The summed E-state index contributed by atoms with van der Waals surface area (Å²) in [5.41, 5.74) is 1.15. The fourth-order valence-corrected chi connectivity index (χ4v) is 2.30. The quantitative estimate of drug-likeness (QED) is 0.299. The lowest BCUT2D eigenvalue weighted by molar-refractivity contribution is 0.122. The van der Waals surface area contributed by atoms with E-state index in [0.717, 1.165) is 50.2 Å². The van der Waals surface area contributed by atoms with Gasteiger partial charge in [-0.3, -0.25) is 4.99 Å². The minimum Gasteiger partial charge on any atom is -0.383 e. The van der Waals surface area contributed by atoms with Crippen LogP contribution in [0.1, 0.15) is 5.56 Å². The predicted molar refractivity (Wildman–Crippen MR) is 103 cm³/mol. The van der Waals surface area contributed by atoms with Gasteiger partial charge in [-0.25, -0.2) is 4.98 Å². The lowest BCUT2D eigenvalue weighted by Crippen LogP contribution is -2.40. The number of nitrogens with one attached hydrogen (secondary N) is 2. The van der Waals surface area contributed by atoms with E-state index in [9.17, 15) is 0 Å². The number of morpholine rings is 1. The molecular formula is C15H26IN5O2. The summed E-state index contributed by atoms with van der Waals surface area (Å²) in [6.07, 6.45) is 1.83. The first-order chi connectivity index (χ1) is 10.8. The molecule has 0 unspecified atom stereocenters. The van der Waals surface area contributed by atoms with Gasteiger partial charge in [0.05, 0.1) is 19.8 Å². The zero-order chi connectivity index (χ0) is 15.6. The van der Waals surface area contributed by atoms with Crippen molar-refractivity contribution in [3.8, 4) is 0 Å². The number of rotatable bonds is 6. The molecule has 1 aromatic rings. The fraction of sp³-hybridized carbons (Fsp3) is 0.600. The van der Waals surface area contributed by atoms with Crippen LogP contribution in [0.2, 0.25) is 0 Å². The minimum atomic E-state index is 0. The number of anilines is 1. The number of aliphatic imine (C=N–C) groups is 1. The van der Waals surface area contributed by atoms with Gasteiger partial charge in [-0.15, -0.1) is 24.0 Å². The number of guanidine groups is 1. The highest BCUT2D eigenvalue weighted by Crippen LogP contribution is 2.18. The number of ether oxygens (including phenoxy) is 2. The van der Waals surface area contributed by atoms with E-state index in [1.54, 1.807) is 14.2 Å². The van der Waals surface area contributed by atoms with Crippen molar-refractivity contribution in [2.75, 3.05) is 58.5 Å². The summed E-state index contributed by atoms with van der Waals surface area (Å²) >= 11 is 0. The fourth-order valence-electron chi connectivity index (χ4n) is 2.30. The maximum absolute atomic E-state index is 5.41. The summed E-state index contributed by atoms with van der Waals surface area (Å²) < 4.78 is 10.4. The van der Waals surface area contributed by atoms with Crippen LogP contribution in [0, 0.1) is 0 Å². The van der Waals surface area contributed by atoms with Crippen LogP contribution in [0.15, 0.2) is 23.3 Å². The Hall–Kier alpha value is -1.13. The zero-order valence-electron chi connectivity index (χ0n) is 13.7. The maximum atomic E-state index is 5.41. The monoisotopic (exact) mass is 435 g/mol. The van der Waals surface area contributed by atoms with Crippen LogP contribution in [0.3, 0.4) is 0 Å². The normalized spacial score (nSPS) is 15.0. The molecule has 0 atom stereocenters. The average Bonchev–Trinajstić information content (AvgIpc) is 2.59. The third-order valence-corrected chi connectivity index (χ3v) is 3.45. The third-order valence-electron chi connectivity index (χ3n) is 3.45. The minimum absolute atomic E-state index is 0. The largest absolute Gasteiger partial charge is 0.383 e. The van der Waals surface area contributed by atoms with E-state index in [4.69, 9.17) is 9.47 Å². The molecule has 0 radical (unpaired) electrons. The first-order valence-corrected chi connectivity index (χ1v) is 7.55. The first-order valence-electron chi connectivity index (χ1n) is 7.55. The van der Waals surface area contributed by atoms with Crippen LogP contribution in [0.5, 0.6) is 0 Å². The number of aromatic nitrogens is 1.